The minimum absolute atomic E-state index is 0.0616. The van der Waals surface area contributed by atoms with Crippen LogP contribution < -0.4 is 10.3 Å². The molecule has 0 amide bonds. The lowest BCUT2D eigenvalue weighted by Gasteiger charge is -2.17. The van der Waals surface area contributed by atoms with Crippen LogP contribution in [0.3, 0.4) is 0 Å². The predicted octanol–water partition coefficient (Wildman–Crippen LogP) is 1.17. The molecule has 0 aromatic carbocycles. The third-order valence-electron chi connectivity index (χ3n) is 4.72. The molecule has 3 rings (SSSR count). The second kappa shape index (κ2) is 9.16. The molecule has 0 fully saturated rings. The minimum atomic E-state index is -0.500. The van der Waals surface area contributed by atoms with Gasteiger partial charge in [0, 0.05) is 50.8 Å². The Labute approximate surface area is 161 Å². The normalized spacial score (nSPS) is 14.4. The van der Waals surface area contributed by atoms with Gasteiger partial charge < -0.3 is 19.1 Å². The first kappa shape index (κ1) is 19.6. The average Bonchev–Trinajstić information content (AvgIpc) is 3.09. The lowest BCUT2D eigenvalue weighted by molar-refractivity contribution is 0.0593. The Hall–Kier alpha value is -2.16. The van der Waals surface area contributed by atoms with E-state index in [0.717, 1.165) is 5.56 Å². The lowest BCUT2D eigenvalue weighted by Crippen LogP contribution is -2.31. The van der Waals surface area contributed by atoms with Crippen molar-refractivity contribution in [3.63, 3.8) is 0 Å². The summed E-state index contributed by atoms with van der Waals surface area (Å²) in [6.45, 7) is 2.74. The second-order valence-electron chi connectivity index (χ2n) is 6.36. The van der Waals surface area contributed by atoms with Crippen molar-refractivity contribution >= 4 is 17.3 Å². The summed E-state index contributed by atoms with van der Waals surface area (Å²) in [7, 11) is 1.33. The smallest absolute Gasteiger partial charge is 0.343 e. The number of aliphatic hydroxyl groups is 1. The highest BCUT2D eigenvalue weighted by Crippen LogP contribution is 2.24. The largest absolute Gasteiger partial charge is 0.492 e. The number of thiophene rings is 1. The SMILES string of the molecule is COC(=O)c1c(OCCc2ccsc2)cc(=O)n2c1CCN(CCO)CC2. The molecule has 2 aromatic heterocycles. The van der Waals surface area contributed by atoms with Crippen molar-refractivity contribution in [2.45, 2.75) is 19.4 Å². The fourth-order valence-corrected chi connectivity index (χ4v) is 4.01. The minimum Gasteiger partial charge on any atom is -0.492 e. The van der Waals surface area contributed by atoms with E-state index in [4.69, 9.17) is 9.47 Å². The van der Waals surface area contributed by atoms with Crippen LogP contribution in [0.25, 0.3) is 0 Å². The number of aliphatic hydroxyl groups excluding tert-OH is 1. The quantitative estimate of drug-likeness (QED) is 0.713. The lowest BCUT2D eigenvalue weighted by atomic mass is 10.1. The van der Waals surface area contributed by atoms with Gasteiger partial charge in [-0.3, -0.25) is 9.69 Å². The highest BCUT2D eigenvalue weighted by Gasteiger charge is 2.25. The third kappa shape index (κ3) is 4.58. The average molecular weight is 392 g/mol. The number of hydrogen-bond donors (Lipinski definition) is 1. The molecule has 1 N–H and O–H groups in total. The van der Waals surface area contributed by atoms with Gasteiger partial charge in [0.1, 0.15) is 11.3 Å². The maximum Gasteiger partial charge on any atom is 0.343 e. The predicted molar refractivity (Wildman–Crippen MR) is 103 cm³/mol. The molecule has 2 aromatic rings. The van der Waals surface area contributed by atoms with E-state index in [1.807, 2.05) is 16.8 Å². The molecule has 0 radical (unpaired) electrons. The molecule has 8 heteroatoms. The molecule has 146 valence electrons. The van der Waals surface area contributed by atoms with Crippen molar-refractivity contribution in [3.8, 4) is 5.75 Å². The van der Waals surface area contributed by atoms with Gasteiger partial charge in [0.05, 0.1) is 20.3 Å². The highest BCUT2D eigenvalue weighted by atomic mass is 32.1. The molecule has 27 heavy (non-hydrogen) atoms. The molecule has 0 aliphatic carbocycles. The monoisotopic (exact) mass is 392 g/mol. The second-order valence-corrected chi connectivity index (χ2v) is 7.14. The zero-order valence-corrected chi connectivity index (χ0v) is 16.2. The fourth-order valence-electron chi connectivity index (χ4n) is 3.31. The van der Waals surface area contributed by atoms with Crippen LogP contribution >= 0.6 is 11.3 Å². The molecule has 1 aliphatic heterocycles. The van der Waals surface area contributed by atoms with Crippen molar-refractivity contribution in [1.82, 2.24) is 9.47 Å². The number of β-amino-alcohol motifs (C(OH)–C–C–N with tert-alkyl or cyclic N) is 1. The molecule has 1 aliphatic rings. The van der Waals surface area contributed by atoms with Crippen LogP contribution in [0.1, 0.15) is 21.6 Å². The first-order valence-corrected chi connectivity index (χ1v) is 9.90. The summed E-state index contributed by atoms with van der Waals surface area (Å²) >= 11 is 1.62. The van der Waals surface area contributed by atoms with Gasteiger partial charge in [-0.2, -0.15) is 11.3 Å². The van der Waals surface area contributed by atoms with E-state index in [0.29, 0.717) is 56.9 Å². The standard InChI is InChI=1S/C19H24N2O5S/c1-25-19(24)18-15-2-5-20(8-9-22)6-7-21(15)17(23)12-16(18)26-10-3-14-4-11-27-13-14/h4,11-13,22H,2-3,5-10H2,1H3. The van der Waals surface area contributed by atoms with Gasteiger partial charge in [-0.25, -0.2) is 4.79 Å². The molecule has 0 saturated carbocycles. The Bertz CT molecular complexity index is 831. The van der Waals surface area contributed by atoms with Gasteiger partial charge in [0.15, 0.2) is 0 Å². The number of carbonyl (C=O) groups excluding carboxylic acids is 1. The Kier molecular flexibility index (Phi) is 6.65. The van der Waals surface area contributed by atoms with Crippen LogP contribution in [0.4, 0.5) is 0 Å². The molecular weight excluding hydrogens is 368 g/mol. The number of nitrogens with zero attached hydrogens (tertiary/aromatic N) is 2. The number of hydrogen-bond acceptors (Lipinski definition) is 7. The van der Waals surface area contributed by atoms with Crippen LogP contribution in [0, 0.1) is 0 Å². The van der Waals surface area contributed by atoms with Crippen LogP contribution in [0.15, 0.2) is 27.7 Å². The number of rotatable bonds is 7. The molecule has 0 spiro atoms. The number of pyridine rings is 1. The van der Waals surface area contributed by atoms with E-state index in [1.165, 1.54) is 13.2 Å². The number of carbonyl (C=O) groups is 1. The highest BCUT2D eigenvalue weighted by molar-refractivity contribution is 7.07. The van der Waals surface area contributed by atoms with Crippen LogP contribution in [-0.2, 0) is 24.1 Å². The van der Waals surface area contributed by atoms with Gasteiger partial charge in [-0.05, 0) is 22.4 Å². The number of aromatic nitrogens is 1. The summed E-state index contributed by atoms with van der Waals surface area (Å²) in [6.07, 6.45) is 1.22. The van der Waals surface area contributed by atoms with E-state index >= 15 is 0 Å². The van der Waals surface area contributed by atoms with E-state index < -0.39 is 5.97 Å². The van der Waals surface area contributed by atoms with Crippen molar-refractivity contribution in [3.05, 3.63) is 50.1 Å². The van der Waals surface area contributed by atoms with E-state index in [2.05, 4.69) is 4.90 Å². The van der Waals surface area contributed by atoms with Gasteiger partial charge in [0.25, 0.3) is 5.56 Å². The van der Waals surface area contributed by atoms with Crippen molar-refractivity contribution < 1.29 is 19.4 Å². The topological polar surface area (TPSA) is 81.0 Å². The van der Waals surface area contributed by atoms with E-state index in [-0.39, 0.29) is 17.9 Å². The number of esters is 1. The first-order chi connectivity index (χ1) is 13.1. The van der Waals surface area contributed by atoms with Crippen LogP contribution in [-0.4, -0.2) is 60.5 Å². The zero-order valence-electron chi connectivity index (χ0n) is 15.3. The van der Waals surface area contributed by atoms with Gasteiger partial charge in [0.2, 0.25) is 0 Å². The summed E-state index contributed by atoms with van der Waals surface area (Å²) < 4.78 is 12.4. The Morgan fingerprint density at radius 2 is 2.19 bits per heavy atom. The molecule has 0 atom stereocenters. The molecular formula is C19H24N2O5S. The molecule has 7 nitrogen and oxygen atoms in total. The Morgan fingerprint density at radius 3 is 2.89 bits per heavy atom. The number of fused-ring (bicyclic) bond motifs is 1. The Morgan fingerprint density at radius 1 is 1.33 bits per heavy atom. The Balaban J connectivity index is 1.88. The summed E-state index contributed by atoms with van der Waals surface area (Å²) in [5, 5.41) is 13.2. The van der Waals surface area contributed by atoms with Crippen molar-refractivity contribution in [2.24, 2.45) is 0 Å². The summed E-state index contributed by atoms with van der Waals surface area (Å²) in [5.74, 6) is -0.219. The maximum absolute atomic E-state index is 12.6. The van der Waals surface area contributed by atoms with Gasteiger partial charge >= 0.3 is 5.97 Å². The summed E-state index contributed by atoms with van der Waals surface area (Å²) in [5.41, 5.74) is 1.94. The maximum atomic E-state index is 12.6. The summed E-state index contributed by atoms with van der Waals surface area (Å²) in [6, 6.07) is 3.40. The van der Waals surface area contributed by atoms with E-state index in [1.54, 1.807) is 15.9 Å². The molecule has 0 unspecified atom stereocenters. The van der Waals surface area contributed by atoms with Crippen molar-refractivity contribution in [1.29, 1.82) is 0 Å². The molecule has 0 bridgehead atoms. The van der Waals surface area contributed by atoms with Crippen molar-refractivity contribution in [2.75, 3.05) is 40.0 Å². The zero-order chi connectivity index (χ0) is 19.2. The van der Waals surface area contributed by atoms with E-state index in [9.17, 15) is 14.7 Å². The van der Waals surface area contributed by atoms with Crippen LogP contribution in [0.2, 0.25) is 0 Å². The summed E-state index contributed by atoms with van der Waals surface area (Å²) in [4.78, 5) is 27.2. The molecule has 3 heterocycles. The fraction of sp³-hybridized carbons (Fsp3) is 0.474. The van der Waals surface area contributed by atoms with Crippen LogP contribution in [0.5, 0.6) is 5.75 Å². The number of methoxy groups -OCH3 is 1. The first-order valence-electron chi connectivity index (χ1n) is 8.96. The molecule has 0 saturated heterocycles. The number of ether oxygens (including phenoxy) is 2. The van der Waals surface area contributed by atoms with Gasteiger partial charge in [-0.15, -0.1) is 0 Å². The third-order valence-corrected chi connectivity index (χ3v) is 5.45. The van der Waals surface area contributed by atoms with Gasteiger partial charge in [-0.1, -0.05) is 0 Å².